The largest absolute Gasteiger partial charge is 0.389 e. The molecule has 0 spiro atoms. The number of thiocarbonyl (C=S) groups is 1. The summed E-state index contributed by atoms with van der Waals surface area (Å²) in [7, 11) is 0. The highest BCUT2D eigenvalue weighted by atomic mass is 35.5. The van der Waals surface area contributed by atoms with Gasteiger partial charge in [-0.05, 0) is 48.7 Å². The summed E-state index contributed by atoms with van der Waals surface area (Å²) in [5.41, 5.74) is 10.0. The maximum atomic E-state index is 5.87. The fourth-order valence-corrected chi connectivity index (χ4v) is 2.32. The van der Waals surface area contributed by atoms with Gasteiger partial charge >= 0.3 is 0 Å². The van der Waals surface area contributed by atoms with Gasteiger partial charge in [0.25, 0.3) is 0 Å². The molecule has 104 valence electrons. The Morgan fingerprint density at radius 1 is 1.20 bits per heavy atom. The molecular formula is C16H17ClN2S. The predicted octanol–water partition coefficient (Wildman–Crippen LogP) is 3.94. The smallest absolute Gasteiger partial charge is 0.106 e. The summed E-state index contributed by atoms with van der Waals surface area (Å²) >= 11 is 10.9. The van der Waals surface area contributed by atoms with Crippen molar-refractivity contribution < 1.29 is 0 Å². The highest BCUT2D eigenvalue weighted by Crippen LogP contribution is 2.18. The molecule has 0 bridgehead atoms. The van der Waals surface area contributed by atoms with E-state index in [1.807, 2.05) is 43.3 Å². The zero-order valence-electron chi connectivity index (χ0n) is 11.3. The lowest BCUT2D eigenvalue weighted by molar-refractivity contribution is 1.02. The van der Waals surface area contributed by atoms with Crippen molar-refractivity contribution >= 4 is 34.5 Å². The fraction of sp³-hybridized carbons (Fsp3) is 0.188. The van der Waals surface area contributed by atoms with Crippen LogP contribution in [0.4, 0.5) is 5.69 Å². The van der Waals surface area contributed by atoms with Crippen LogP contribution in [-0.4, -0.2) is 11.5 Å². The summed E-state index contributed by atoms with van der Waals surface area (Å²) in [4.78, 5) is 0.416. The van der Waals surface area contributed by atoms with Crippen LogP contribution in [0.1, 0.15) is 16.7 Å². The Balaban J connectivity index is 2.02. The first-order valence-corrected chi connectivity index (χ1v) is 7.23. The molecule has 0 radical (unpaired) electrons. The summed E-state index contributed by atoms with van der Waals surface area (Å²) in [5, 5.41) is 4.16. The van der Waals surface area contributed by atoms with E-state index >= 15 is 0 Å². The minimum absolute atomic E-state index is 0.416. The lowest BCUT2D eigenvalue weighted by Gasteiger charge is -2.12. The van der Waals surface area contributed by atoms with E-state index in [0.717, 1.165) is 29.2 Å². The molecule has 0 atom stereocenters. The summed E-state index contributed by atoms with van der Waals surface area (Å²) in [5.74, 6) is 0. The van der Waals surface area contributed by atoms with Crippen LogP contribution in [0.15, 0.2) is 42.5 Å². The first-order chi connectivity index (χ1) is 9.56. The number of anilines is 1. The second-order valence-corrected chi connectivity index (χ2v) is 5.59. The van der Waals surface area contributed by atoms with E-state index in [0.29, 0.717) is 4.99 Å². The fourth-order valence-electron chi connectivity index (χ4n) is 2.01. The molecule has 3 N–H and O–H groups in total. The lowest BCUT2D eigenvalue weighted by Crippen LogP contribution is -2.14. The molecule has 2 nitrogen and oxygen atoms in total. The molecule has 0 saturated carbocycles. The first kappa shape index (κ1) is 14.8. The van der Waals surface area contributed by atoms with Crippen LogP contribution >= 0.6 is 23.8 Å². The second-order valence-electron chi connectivity index (χ2n) is 4.72. The number of nitrogens with one attached hydrogen (secondary N) is 1. The Kier molecular flexibility index (Phi) is 4.99. The lowest BCUT2D eigenvalue weighted by atomic mass is 10.1. The van der Waals surface area contributed by atoms with Crippen molar-refractivity contribution in [3.8, 4) is 0 Å². The molecule has 0 aliphatic heterocycles. The zero-order chi connectivity index (χ0) is 14.5. The van der Waals surface area contributed by atoms with E-state index in [2.05, 4.69) is 11.4 Å². The van der Waals surface area contributed by atoms with Crippen LogP contribution in [-0.2, 0) is 6.42 Å². The molecule has 0 aromatic heterocycles. The highest BCUT2D eigenvalue weighted by molar-refractivity contribution is 7.80. The maximum Gasteiger partial charge on any atom is 0.106 e. The Morgan fingerprint density at radius 3 is 2.55 bits per heavy atom. The standard InChI is InChI=1S/C16H17ClN2S/c1-11-2-7-14(16(18)20)15(10-11)19-9-8-12-3-5-13(17)6-4-12/h2-7,10,19H,8-9H2,1H3,(H2,18,20). The van der Waals surface area contributed by atoms with Gasteiger partial charge in [0.15, 0.2) is 0 Å². The van der Waals surface area contributed by atoms with Gasteiger partial charge < -0.3 is 11.1 Å². The maximum absolute atomic E-state index is 5.87. The van der Waals surface area contributed by atoms with Gasteiger partial charge in [-0.3, -0.25) is 0 Å². The van der Waals surface area contributed by atoms with Crippen molar-refractivity contribution in [3.05, 3.63) is 64.2 Å². The first-order valence-electron chi connectivity index (χ1n) is 6.45. The van der Waals surface area contributed by atoms with Crippen LogP contribution in [0.3, 0.4) is 0 Å². The van der Waals surface area contributed by atoms with Crippen LogP contribution < -0.4 is 11.1 Å². The third-order valence-corrected chi connectivity index (χ3v) is 3.55. The zero-order valence-corrected chi connectivity index (χ0v) is 12.9. The average Bonchev–Trinajstić information content (AvgIpc) is 2.41. The van der Waals surface area contributed by atoms with E-state index in [9.17, 15) is 0 Å². The molecule has 0 fully saturated rings. The number of aryl methyl sites for hydroxylation is 1. The molecule has 0 aliphatic rings. The monoisotopic (exact) mass is 304 g/mol. The number of hydrogen-bond donors (Lipinski definition) is 2. The number of halogens is 1. The third-order valence-electron chi connectivity index (χ3n) is 3.08. The Hall–Kier alpha value is -1.58. The minimum atomic E-state index is 0.416. The average molecular weight is 305 g/mol. The third kappa shape index (κ3) is 3.95. The van der Waals surface area contributed by atoms with Crippen molar-refractivity contribution in [2.24, 2.45) is 5.73 Å². The Labute approximate surface area is 130 Å². The molecule has 2 rings (SSSR count). The van der Waals surface area contributed by atoms with Crippen LogP contribution in [0, 0.1) is 6.92 Å². The minimum Gasteiger partial charge on any atom is -0.389 e. The van der Waals surface area contributed by atoms with Gasteiger partial charge in [0.2, 0.25) is 0 Å². The number of hydrogen-bond acceptors (Lipinski definition) is 2. The molecule has 2 aromatic carbocycles. The van der Waals surface area contributed by atoms with Crippen LogP contribution in [0.2, 0.25) is 5.02 Å². The molecule has 0 saturated heterocycles. The van der Waals surface area contributed by atoms with Crippen LogP contribution in [0.5, 0.6) is 0 Å². The number of benzene rings is 2. The topological polar surface area (TPSA) is 38.0 Å². The highest BCUT2D eigenvalue weighted by Gasteiger charge is 2.05. The summed E-state index contributed by atoms with van der Waals surface area (Å²) in [6.07, 6.45) is 0.919. The molecule has 4 heteroatoms. The van der Waals surface area contributed by atoms with E-state index in [1.54, 1.807) is 0 Å². The van der Waals surface area contributed by atoms with E-state index < -0.39 is 0 Å². The SMILES string of the molecule is Cc1ccc(C(N)=S)c(NCCc2ccc(Cl)cc2)c1. The quantitative estimate of drug-likeness (QED) is 0.822. The number of rotatable bonds is 5. The van der Waals surface area contributed by atoms with Gasteiger partial charge in [0.05, 0.1) is 0 Å². The molecule has 0 heterocycles. The molecule has 0 unspecified atom stereocenters. The van der Waals surface area contributed by atoms with Crippen molar-refractivity contribution in [2.45, 2.75) is 13.3 Å². The van der Waals surface area contributed by atoms with Gasteiger partial charge in [-0.2, -0.15) is 0 Å². The Bertz CT molecular complexity index is 608. The van der Waals surface area contributed by atoms with Gasteiger partial charge in [0, 0.05) is 22.8 Å². The summed E-state index contributed by atoms with van der Waals surface area (Å²) in [6.45, 7) is 2.87. The summed E-state index contributed by atoms with van der Waals surface area (Å²) in [6, 6.07) is 13.9. The van der Waals surface area contributed by atoms with E-state index in [1.165, 1.54) is 11.1 Å². The Morgan fingerprint density at radius 2 is 1.90 bits per heavy atom. The van der Waals surface area contributed by atoms with Crippen molar-refractivity contribution in [2.75, 3.05) is 11.9 Å². The molecule has 0 amide bonds. The van der Waals surface area contributed by atoms with Gasteiger partial charge in [-0.1, -0.05) is 42.0 Å². The summed E-state index contributed by atoms with van der Waals surface area (Å²) < 4.78 is 0. The molecule has 0 aliphatic carbocycles. The van der Waals surface area contributed by atoms with E-state index in [-0.39, 0.29) is 0 Å². The van der Waals surface area contributed by atoms with Crippen molar-refractivity contribution in [3.63, 3.8) is 0 Å². The molecule has 20 heavy (non-hydrogen) atoms. The number of nitrogens with two attached hydrogens (primary N) is 1. The van der Waals surface area contributed by atoms with Crippen molar-refractivity contribution in [1.82, 2.24) is 0 Å². The van der Waals surface area contributed by atoms with Crippen LogP contribution in [0.25, 0.3) is 0 Å². The molecular weight excluding hydrogens is 288 g/mol. The second kappa shape index (κ2) is 6.73. The normalized spacial score (nSPS) is 10.3. The van der Waals surface area contributed by atoms with Gasteiger partial charge in [-0.25, -0.2) is 0 Å². The predicted molar refractivity (Wildman–Crippen MR) is 90.7 cm³/mol. The molecule has 2 aromatic rings. The van der Waals surface area contributed by atoms with E-state index in [4.69, 9.17) is 29.6 Å². The van der Waals surface area contributed by atoms with Gasteiger partial charge in [0.1, 0.15) is 4.99 Å². The van der Waals surface area contributed by atoms with Gasteiger partial charge in [-0.15, -0.1) is 0 Å². The van der Waals surface area contributed by atoms with Crippen molar-refractivity contribution in [1.29, 1.82) is 0 Å².